The Morgan fingerprint density at radius 1 is 1.44 bits per heavy atom. The smallest absolute Gasteiger partial charge is 0.234 e. The highest BCUT2D eigenvalue weighted by molar-refractivity contribution is 5.78. The molecule has 0 aliphatic carbocycles. The van der Waals surface area contributed by atoms with E-state index in [1.165, 1.54) is 0 Å². The van der Waals surface area contributed by atoms with Crippen LogP contribution in [0.15, 0.2) is 0 Å². The molecule has 1 amide bonds. The highest BCUT2D eigenvalue weighted by atomic mass is 16.5. The molecule has 2 N–H and O–H groups in total. The van der Waals surface area contributed by atoms with Crippen molar-refractivity contribution >= 4 is 5.91 Å². The lowest BCUT2D eigenvalue weighted by Gasteiger charge is -2.31. The topological polar surface area (TPSA) is 61.8 Å². The molecule has 0 unspecified atom stereocenters. The second kappa shape index (κ2) is 8.45. The second-order valence-electron chi connectivity index (χ2n) is 5.15. The molecule has 0 aromatic rings. The standard InChI is InChI=1S/C13H26N2O3/c1-11(2)14-13(17)10-15-6-4-12(5-7-15)18-9-3-8-16/h11-12,16H,3-10H2,1-2H3,(H,14,17). The molecule has 0 aromatic carbocycles. The summed E-state index contributed by atoms with van der Waals surface area (Å²) in [6.07, 6.45) is 2.94. The van der Waals surface area contributed by atoms with E-state index in [4.69, 9.17) is 9.84 Å². The molecule has 1 aliphatic rings. The molecule has 1 heterocycles. The number of carbonyl (C=O) groups is 1. The van der Waals surface area contributed by atoms with E-state index in [9.17, 15) is 4.79 Å². The first-order valence-electron chi connectivity index (χ1n) is 6.86. The molecule has 0 bridgehead atoms. The van der Waals surface area contributed by atoms with Crippen molar-refractivity contribution in [3.05, 3.63) is 0 Å². The third-order valence-electron chi connectivity index (χ3n) is 3.01. The first-order valence-corrected chi connectivity index (χ1v) is 6.86. The maximum absolute atomic E-state index is 11.6. The Hall–Kier alpha value is -0.650. The lowest BCUT2D eigenvalue weighted by molar-refractivity contribution is -0.123. The fraction of sp³-hybridized carbons (Fsp3) is 0.923. The summed E-state index contributed by atoms with van der Waals surface area (Å²) in [5.41, 5.74) is 0. The third kappa shape index (κ3) is 6.33. The molecule has 0 radical (unpaired) electrons. The quantitative estimate of drug-likeness (QED) is 0.648. The molecule has 0 spiro atoms. The average molecular weight is 258 g/mol. The van der Waals surface area contributed by atoms with Gasteiger partial charge in [0.05, 0.1) is 12.6 Å². The molecule has 18 heavy (non-hydrogen) atoms. The second-order valence-corrected chi connectivity index (χ2v) is 5.15. The predicted molar refractivity (Wildman–Crippen MR) is 70.4 cm³/mol. The van der Waals surface area contributed by atoms with Crippen molar-refractivity contribution < 1.29 is 14.6 Å². The van der Waals surface area contributed by atoms with Crippen LogP contribution in [0.3, 0.4) is 0 Å². The largest absolute Gasteiger partial charge is 0.396 e. The van der Waals surface area contributed by atoms with E-state index in [1.807, 2.05) is 13.8 Å². The molecule has 5 nitrogen and oxygen atoms in total. The van der Waals surface area contributed by atoms with Crippen molar-refractivity contribution in [2.45, 2.75) is 45.3 Å². The molecule has 106 valence electrons. The zero-order chi connectivity index (χ0) is 13.4. The van der Waals surface area contributed by atoms with Gasteiger partial charge in [-0.3, -0.25) is 9.69 Å². The Labute approximate surface area is 109 Å². The number of aliphatic hydroxyl groups is 1. The minimum absolute atomic E-state index is 0.102. The summed E-state index contributed by atoms with van der Waals surface area (Å²) in [6, 6.07) is 0.205. The number of likely N-dealkylation sites (tertiary alicyclic amines) is 1. The number of ether oxygens (including phenoxy) is 1. The van der Waals surface area contributed by atoms with Gasteiger partial charge in [-0.05, 0) is 33.1 Å². The summed E-state index contributed by atoms with van der Waals surface area (Å²) in [6.45, 7) is 7.08. The molecular formula is C13H26N2O3. The summed E-state index contributed by atoms with van der Waals surface area (Å²) in [4.78, 5) is 13.8. The zero-order valence-electron chi connectivity index (χ0n) is 11.5. The monoisotopic (exact) mass is 258 g/mol. The number of piperidine rings is 1. The highest BCUT2D eigenvalue weighted by Gasteiger charge is 2.21. The van der Waals surface area contributed by atoms with Gasteiger partial charge in [-0.1, -0.05) is 0 Å². The number of carbonyl (C=O) groups excluding carboxylic acids is 1. The maximum Gasteiger partial charge on any atom is 0.234 e. The Bertz CT molecular complexity index is 238. The van der Waals surface area contributed by atoms with Crippen molar-refractivity contribution in [3.8, 4) is 0 Å². The molecule has 1 saturated heterocycles. The Morgan fingerprint density at radius 2 is 2.11 bits per heavy atom. The SMILES string of the molecule is CC(C)NC(=O)CN1CCC(OCCCO)CC1. The summed E-state index contributed by atoms with van der Waals surface area (Å²) < 4.78 is 5.65. The number of hydrogen-bond acceptors (Lipinski definition) is 4. The van der Waals surface area contributed by atoms with Crippen molar-refractivity contribution in [2.24, 2.45) is 0 Å². The number of hydrogen-bond donors (Lipinski definition) is 2. The number of rotatable bonds is 7. The fourth-order valence-corrected chi connectivity index (χ4v) is 2.12. The van der Waals surface area contributed by atoms with E-state index in [2.05, 4.69) is 10.2 Å². The Morgan fingerprint density at radius 3 is 2.67 bits per heavy atom. The molecular weight excluding hydrogens is 232 g/mol. The van der Waals surface area contributed by atoms with Gasteiger partial charge >= 0.3 is 0 Å². The first kappa shape index (κ1) is 15.4. The minimum atomic E-state index is 0.102. The van der Waals surface area contributed by atoms with Crippen LogP contribution >= 0.6 is 0 Å². The van der Waals surface area contributed by atoms with Crippen LogP contribution in [0.2, 0.25) is 0 Å². The molecule has 5 heteroatoms. The van der Waals surface area contributed by atoms with Crippen LogP contribution in [-0.2, 0) is 9.53 Å². The molecule has 0 aromatic heterocycles. The molecule has 0 atom stereocenters. The van der Waals surface area contributed by atoms with E-state index < -0.39 is 0 Å². The van der Waals surface area contributed by atoms with Gasteiger partial charge in [0.1, 0.15) is 0 Å². The van der Waals surface area contributed by atoms with Gasteiger partial charge in [0, 0.05) is 32.3 Å². The summed E-state index contributed by atoms with van der Waals surface area (Å²) in [5, 5.41) is 11.6. The van der Waals surface area contributed by atoms with Gasteiger partial charge < -0.3 is 15.2 Å². The van der Waals surface area contributed by atoms with Gasteiger partial charge in [-0.2, -0.15) is 0 Å². The van der Waals surface area contributed by atoms with E-state index in [0.717, 1.165) is 25.9 Å². The highest BCUT2D eigenvalue weighted by Crippen LogP contribution is 2.13. The number of nitrogens with one attached hydrogen (secondary N) is 1. The number of aliphatic hydroxyl groups excluding tert-OH is 1. The van der Waals surface area contributed by atoms with Gasteiger partial charge in [0.15, 0.2) is 0 Å². The third-order valence-corrected chi connectivity index (χ3v) is 3.01. The molecule has 0 saturated carbocycles. The van der Waals surface area contributed by atoms with Crippen molar-refractivity contribution in [3.63, 3.8) is 0 Å². The first-order chi connectivity index (χ1) is 8.61. The van der Waals surface area contributed by atoms with Gasteiger partial charge in [-0.15, -0.1) is 0 Å². The maximum atomic E-state index is 11.6. The number of nitrogens with zero attached hydrogens (tertiary/aromatic N) is 1. The van der Waals surface area contributed by atoms with Crippen LogP contribution in [-0.4, -0.2) is 60.9 Å². The lowest BCUT2D eigenvalue weighted by atomic mass is 10.1. The average Bonchev–Trinajstić information content (AvgIpc) is 2.30. The minimum Gasteiger partial charge on any atom is -0.396 e. The lowest BCUT2D eigenvalue weighted by Crippen LogP contribution is -2.44. The summed E-state index contributed by atoms with van der Waals surface area (Å²) in [7, 11) is 0. The van der Waals surface area contributed by atoms with Crippen LogP contribution in [0, 0.1) is 0 Å². The number of amides is 1. The predicted octanol–water partition coefficient (Wildman–Crippen LogP) is 0.374. The van der Waals surface area contributed by atoms with Gasteiger partial charge in [0.2, 0.25) is 5.91 Å². The fourth-order valence-electron chi connectivity index (χ4n) is 2.12. The summed E-state index contributed by atoms with van der Waals surface area (Å²) >= 11 is 0. The Balaban J connectivity index is 2.13. The van der Waals surface area contributed by atoms with Gasteiger partial charge in [0.25, 0.3) is 0 Å². The van der Waals surface area contributed by atoms with E-state index in [-0.39, 0.29) is 18.6 Å². The van der Waals surface area contributed by atoms with Crippen LogP contribution in [0.5, 0.6) is 0 Å². The van der Waals surface area contributed by atoms with Crippen LogP contribution in [0.4, 0.5) is 0 Å². The van der Waals surface area contributed by atoms with E-state index in [0.29, 0.717) is 25.7 Å². The van der Waals surface area contributed by atoms with E-state index in [1.54, 1.807) is 0 Å². The van der Waals surface area contributed by atoms with Crippen molar-refractivity contribution in [1.29, 1.82) is 0 Å². The zero-order valence-corrected chi connectivity index (χ0v) is 11.5. The van der Waals surface area contributed by atoms with Crippen molar-refractivity contribution in [2.75, 3.05) is 32.8 Å². The van der Waals surface area contributed by atoms with Gasteiger partial charge in [-0.25, -0.2) is 0 Å². The van der Waals surface area contributed by atoms with Crippen LogP contribution in [0.25, 0.3) is 0 Å². The Kier molecular flexibility index (Phi) is 7.23. The van der Waals surface area contributed by atoms with Crippen LogP contribution < -0.4 is 5.32 Å². The summed E-state index contributed by atoms with van der Waals surface area (Å²) in [5.74, 6) is 0.102. The normalized spacial score (nSPS) is 18.2. The van der Waals surface area contributed by atoms with E-state index >= 15 is 0 Å². The molecule has 1 aliphatic heterocycles. The van der Waals surface area contributed by atoms with Crippen LogP contribution in [0.1, 0.15) is 33.1 Å². The molecule has 1 rings (SSSR count). The van der Waals surface area contributed by atoms with Crippen molar-refractivity contribution in [1.82, 2.24) is 10.2 Å². The molecule has 1 fully saturated rings.